The summed E-state index contributed by atoms with van der Waals surface area (Å²) in [4.78, 5) is 13.7. The van der Waals surface area contributed by atoms with E-state index in [2.05, 4.69) is 47.4 Å². The van der Waals surface area contributed by atoms with E-state index < -0.39 is 6.61 Å². The molecule has 0 heterocycles. The Balaban J connectivity index is 1.59. The lowest BCUT2D eigenvalue weighted by atomic mass is 10.0. The molecule has 0 radical (unpaired) electrons. The number of hydrogen-bond acceptors (Lipinski definition) is 4. The molecule has 0 saturated carbocycles. The minimum absolute atomic E-state index is 0.288. The lowest BCUT2D eigenvalue weighted by Gasteiger charge is -2.23. The molecule has 3 rings (SSSR count). The first-order valence-corrected chi connectivity index (χ1v) is 10.7. The maximum absolute atomic E-state index is 11.2. The van der Waals surface area contributed by atoms with Crippen molar-refractivity contribution in [2.24, 2.45) is 0 Å². The summed E-state index contributed by atoms with van der Waals surface area (Å²) in [6, 6.07) is 16.9. The fourth-order valence-electron chi connectivity index (χ4n) is 3.71. The number of nitrogens with zero attached hydrogens (tertiary/aromatic N) is 1. The van der Waals surface area contributed by atoms with Crippen molar-refractivity contribution < 1.29 is 14.6 Å². The van der Waals surface area contributed by atoms with E-state index in [9.17, 15) is 4.79 Å². The van der Waals surface area contributed by atoms with E-state index in [-0.39, 0.29) is 5.78 Å². The number of fused-ring (bicyclic) bond motifs is 1. The second-order valence-corrected chi connectivity index (χ2v) is 7.51. The lowest BCUT2D eigenvalue weighted by Crippen LogP contribution is -2.28. The van der Waals surface area contributed by atoms with Gasteiger partial charge in [-0.2, -0.15) is 0 Å². The Hall–Kier alpha value is -2.53. The van der Waals surface area contributed by atoms with Crippen LogP contribution in [0.4, 0.5) is 0 Å². The van der Waals surface area contributed by atoms with Gasteiger partial charge in [0.25, 0.3) is 0 Å². The summed E-state index contributed by atoms with van der Waals surface area (Å²) in [5.74, 6) is -0.288. The number of carbonyl (C=O) groups is 1. The second-order valence-electron chi connectivity index (χ2n) is 7.51. The average Bonchev–Trinajstić information content (AvgIpc) is 3.20. The number of hydrogen-bond donors (Lipinski definition) is 1. The van der Waals surface area contributed by atoms with Gasteiger partial charge < -0.3 is 9.84 Å². The number of allylic oxidation sites excluding steroid dienone is 1. The summed E-state index contributed by atoms with van der Waals surface area (Å²) in [5.41, 5.74) is 6.46. The predicted octanol–water partition coefficient (Wildman–Crippen LogP) is 4.13. The van der Waals surface area contributed by atoms with Crippen molar-refractivity contribution in [1.82, 2.24) is 4.90 Å². The number of aliphatic hydroxyl groups excluding tert-OH is 1. The van der Waals surface area contributed by atoms with Crippen molar-refractivity contribution in [3.05, 3.63) is 82.9 Å². The van der Waals surface area contributed by atoms with Crippen molar-refractivity contribution in [3.63, 3.8) is 0 Å². The summed E-state index contributed by atoms with van der Waals surface area (Å²) in [7, 11) is 0. The molecule has 0 atom stereocenters. The van der Waals surface area contributed by atoms with Gasteiger partial charge >= 0.3 is 0 Å². The van der Waals surface area contributed by atoms with Crippen molar-refractivity contribution >= 4 is 17.4 Å². The molecule has 158 valence electrons. The average molecular weight is 406 g/mol. The van der Waals surface area contributed by atoms with Crippen LogP contribution in [0.1, 0.15) is 35.6 Å². The van der Waals surface area contributed by atoms with E-state index in [0.717, 1.165) is 51.3 Å². The molecule has 1 N–H and O–H groups in total. The van der Waals surface area contributed by atoms with Gasteiger partial charge in [0.15, 0.2) is 5.78 Å². The maximum atomic E-state index is 11.2. The van der Waals surface area contributed by atoms with Crippen LogP contribution in [0, 0.1) is 0 Å². The van der Waals surface area contributed by atoms with Crippen LogP contribution in [0.15, 0.2) is 60.7 Å². The number of ether oxygens (including phenoxy) is 1. The molecular formula is C26H31NO3. The molecule has 1 aliphatic carbocycles. The fourth-order valence-corrected chi connectivity index (χ4v) is 3.71. The zero-order chi connectivity index (χ0) is 21.2. The zero-order valence-electron chi connectivity index (χ0n) is 17.7. The molecule has 4 nitrogen and oxygen atoms in total. The highest BCUT2D eigenvalue weighted by atomic mass is 16.5. The standard InChI is InChI=1S/C26H31NO3/c1-2-30-18-17-27(16-15-24-13-12-23-5-3-4-6-26(23)24)19-22-9-7-21(8-10-22)11-14-25(29)20-28/h3-11,13-14,28H,2,12,15-20H2,1H3/b14-11+. The number of aliphatic hydroxyl groups is 1. The number of rotatable bonds is 12. The molecule has 2 aromatic rings. The van der Waals surface area contributed by atoms with Crippen molar-refractivity contribution in [2.75, 3.05) is 32.9 Å². The molecule has 0 spiro atoms. The first-order chi connectivity index (χ1) is 14.7. The minimum atomic E-state index is -0.454. The third kappa shape index (κ3) is 6.49. The van der Waals surface area contributed by atoms with Gasteiger partial charge in [0.1, 0.15) is 6.61 Å². The van der Waals surface area contributed by atoms with Gasteiger partial charge in [-0.25, -0.2) is 0 Å². The highest BCUT2D eigenvalue weighted by Crippen LogP contribution is 2.29. The van der Waals surface area contributed by atoms with E-state index in [4.69, 9.17) is 9.84 Å². The summed E-state index contributed by atoms with van der Waals surface area (Å²) in [5, 5.41) is 8.81. The molecule has 0 aliphatic heterocycles. The fraction of sp³-hybridized carbons (Fsp3) is 0.346. The molecule has 0 amide bonds. The van der Waals surface area contributed by atoms with E-state index in [1.165, 1.54) is 28.3 Å². The molecule has 1 aliphatic rings. The van der Waals surface area contributed by atoms with Crippen LogP contribution >= 0.6 is 0 Å². The third-order valence-electron chi connectivity index (χ3n) is 5.39. The van der Waals surface area contributed by atoms with E-state index in [1.807, 2.05) is 19.1 Å². The predicted molar refractivity (Wildman–Crippen MR) is 122 cm³/mol. The Kier molecular flexibility index (Phi) is 8.57. The van der Waals surface area contributed by atoms with Crippen molar-refractivity contribution in [3.8, 4) is 0 Å². The Labute approximate surface area is 179 Å². The molecule has 0 unspecified atom stereocenters. The molecule has 0 bridgehead atoms. The van der Waals surface area contributed by atoms with Gasteiger partial charge in [0.05, 0.1) is 6.61 Å². The topological polar surface area (TPSA) is 49.8 Å². The quantitative estimate of drug-likeness (QED) is 0.426. The van der Waals surface area contributed by atoms with Gasteiger partial charge in [-0.3, -0.25) is 9.69 Å². The maximum Gasteiger partial charge on any atom is 0.181 e. The molecular weight excluding hydrogens is 374 g/mol. The number of ketones is 1. The van der Waals surface area contributed by atoms with Gasteiger partial charge in [0, 0.05) is 26.2 Å². The van der Waals surface area contributed by atoms with E-state index in [0.29, 0.717) is 0 Å². The van der Waals surface area contributed by atoms with Crippen LogP contribution in [-0.2, 0) is 22.5 Å². The van der Waals surface area contributed by atoms with E-state index in [1.54, 1.807) is 6.08 Å². The van der Waals surface area contributed by atoms with Gasteiger partial charge in [-0.05, 0) is 53.7 Å². The Morgan fingerprint density at radius 3 is 2.70 bits per heavy atom. The largest absolute Gasteiger partial charge is 0.388 e. The van der Waals surface area contributed by atoms with Crippen molar-refractivity contribution in [2.45, 2.75) is 26.3 Å². The number of carbonyl (C=O) groups excluding carboxylic acids is 1. The Morgan fingerprint density at radius 1 is 1.13 bits per heavy atom. The summed E-state index contributed by atoms with van der Waals surface area (Å²) >= 11 is 0. The second kappa shape index (κ2) is 11.6. The van der Waals surface area contributed by atoms with Gasteiger partial charge in [-0.15, -0.1) is 0 Å². The molecule has 0 fully saturated rings. The highest BCUT2D eigenvalue weighted by Gasteiger charge is 2.15. The first-order valence-electron chi connectivity index (χ1n) is 10.7. The van der Waals surface area contributed by atoms with Gasteiger partial charge in [0.2, 0.25) is 0 Å². The summed E-state index contributed by atoms with van der Waals surface area (Å²) in [6.45, 7) is 5.79. The molecule has 30 heavy (non-hydrogen) atoms. The lowest BCUT2D eigenvalue weighted by molar-refractivity contribution is -0.117. The van der Waals surface area contributed by atoms with Crippen molar-refractivity contribution in [1.29, 1.82) is 0 Å². The van der Waals surface area contributed by atoms with Crippen LogP contribution in [0.5, 0.6) is 0 Å². The highest BCUT2D eigenvalue weighted by molar-refractivity contribution is 5.94. The molecule has 2 aromatic carbocycles. The van der Waals surface area contributed by atoms with Crippen LogP contribution < -0.4 is 0 Å². The first kappa shape index (κ1) is 22.2. The Morgan fingerprint density at radius 2 is 1.93 bits per heavy atom. The van der Waals surface area contributed by atoms with Crippen LogP contribution in [0.2, 0.25) is 0 Å². The smallest absolute Gasteiger partial charge is 0.181 e. The SMILES string of the molecule is CCOCCN(CCC1=CCc2ccccc21)Cc1ccc(/C=C/C(=O)CO)cc1. The van der Waals surface area contributed by atoms with Crippen LogP contribution in [-0.4, -0.2) is 48.7 Å². The normalized spacial score (nSPS) is 13.1. The van der Waals surface area contributed by atoms with Gasteiger partial charge in [-0.1, -0.05) is 60.7 Å². The third-order valence-corrected chi connectivity index (χ3v) is 5.39. The summed E-state index contributed by atoms with van der Waals surface area (Å²) < 4.78 is 5.60. The zero-order valence-corrected chi connectivity index (χ0v) is 17.7. The van der Waals surface area contributed by atoms with Crippen LogP contribution in [0.25, 0.3) is 11.6 Å². The molecule has 0 saturated heterocycles. The number of benzene rings is 2. The van der Waals surface area contributed by atoms with Crippen LogP contribution in [0.3, 0.4) is 0 Å². The molecule has 0 aromatic heterocycles. The monoisotopic (exact) mass is 405 g/mol. The molecule has 4 heteroatoms. The minimum Gasteiger partial charge on any atom is -0.388 e. The van der Waals surface area contributed by atoms with E-state index >= 15 is 0 Å². The summed E-state index contributed by atoms with van der Waals surface area (Å²) in [6.07, 6.45) is 7.58. The Bertz CT molecular complexity index is 883.